The third-order valence-corrected chi connectivity index (χ3v) is 3.31. The lowest BCUT2D eigenvalue weighted by Gasteiger charge is -2.28. The van der Waals surface area contributed by atoms with Gasteiger partial charge in [0.2, 0.25) is 0 Å². The predicted octanol–water partition coefficient (Wildman–Crippen LogP) is 0.209. The molecule has 1 aromatic rings. The van der Waals surface area contributed by atoms with Gasteiger partial charge >= 0.3 is 0 Å². The van der Waals surface area contributed by atoms with Crippen LogP contribution >= 0.6 is 0 Å². The number of hydrogen-bond donors (Lipinski definition) is 1. The highest BCUT2D eigenvalue weighted by Crippen LogP contribution is 2.11. The molecule has 19 heavy (non-hydrogen) atoms. The van der Waals surface area contributed by atoms with Gasteiger partial charge in [-0.1, -0.05) is 6.42 Å². The molecule has 0 bridgehead atoms. The quantitative estimate of drug-likeness (QED) is 0.745. The first-order valence-electron chi connectivity index (χ1n) is 6.91. The lowest BCUT2D eigenvalue weighted by atomic mass is 10.2. The average Bonchev–Trinajstić information content (AvgIpc) is 2.46. The molecule has 2 heterocycles. The van der Waals surface area contributed by atoms with Gasteiger partial charge in [-0.15, -0.1) is 0 Å². The van der Waals surface area contributed by atoms with Crippen LogP contribution in [0.15, 0.2) is 17.1 Å². The number of unbranched alkanes of at least 4 members (excludes halogenated alkanes) is 2. The van der Waals surface area contributed by atoms with Crippen molar-refractivity contribution in [2.24, 2.45) is 5.73 Å². The molecule has 0 aliphatic carbocycles. The summed E-state index contributed by atoms with van der Waals surface area (Å²) in [6.45, 7) is 4.44. The van der Waals surface area contributed by atoms with Gasteiger partial charge in [0.1, 0.15) is 0 Å². The first-order valence-corrected chi connectivity index (χ1v) is 6.91. The highest BCUT2D eigenvalue weighted by molar-refractivity contribution is 5.43. The van der Waals surface area contributed by atoms with Crippen molar-refractivity contribution >= 4 is 5.69 Å². The van der Waals surface area contributed by atoms with Crippen LogP contribution in [-0.4, -0.2) is 42.6 Å². The fourth-order valence-corrected chi connectivity index (χ4v) is 2.17. The van der Waals surface area contributed by atoms with Crippen molar-refractivity contribution in [2.75, 3.05) is 37.7 Å². The highest BCUT2D eigenvalue weighted by atomic mass is 16.5. The number of rotatable bonds is 6. The van der Waals surface area contributed by atoms with E-state index in [1.165, 1.54) is 4.68 Å². The SMILES string of the molecule is NCCCCCn1ncc(N2CCOCC2)cc1=O. The molecular weight excluding hydrogens is 244 g/mol. The summed E-state index contributed by atoms with van der Waals surface area (Å²) in [7, 11) is 0. The van der Waals surface area contributed by atoms with Crippen LogP contribution in [0.4, 0.5) is 5.69 Å². The van der Waals surface area contributed by atoms with E-state index < -0.39 is 0 Å². The summed E-state index contributed by atoms with van der Waals surface area (Å²) in [6, 6.07) is 1.67. The minimum Gasteiger partial charge on any atom is -0.378 e. The van der Waals surface area contributed by atoms with Crippen LogP contribution in [0.25, 0.3) is 0 Å². The van der Waals surface area contributed by atoms with E-state index in [4.69, 9.17) is 10.5 Å². The molecule has 106 valence electrons. The lowest BCUT2D eigenvalue weighted by Crippen LogP contribution is -2.37. The normalized spacial score (nSPS) is 15.7. The molecule has 1 saturated heterocycles. The number of nitrogens with zero attached hydrogens (tertiary/aromatic N) is 3. The fraction of sp³-hybridized carbons (Fsp3) is 0.692. The Morgan fingerprint density at radius 2 is 2.05 bits per heavy atom. The molecule has 1 aromatic heterocycles. The molecule has 1 aliphatic rings. The van der Waals surface area contributed by atoms with Crippen molar-refractivity contribution in [3.63, 3.8) is 0 Å². The van der Waals surface area contributed by atoms with E-state index in [0.717, 1.165) is 38.0 Å². The average molecular weight is 266 g/mol. The zero-order valence-corrected chi connectivity index (χ0v) is 11.3. The molecular formula is C13H22N4O2. The summed E-state index contributed by atoms with van der Waals surface area (Å²) in [5, 5.41) is 4.24. The summed E-state index contributed by atoms with van der Waals surface area (Å²) < 4.78 is 6.82. The number of nitrogens with two attached hydrogens (primary N) is 1. The Bertz CT molecular complexity index is 441. The van der Waals surface area contributed by atoms with Crippen molar-refractivity contribution in [1.29, 1.82) is 0 Å². The maximum Gasteiger partial charge on any atom is 0.268 e. The van der Waals surface area contributed by atoms with Gasteiger partial charge in [0.05, 0.1) is 25.1 Å². The van der Waals surface area contributed by atoms with Crippen LogP contribution in [-0.2, 0) is 11.3 Å². The molecule has 1 fully saturated rings. The molecule has 0 amide bonds. The van der Waals surface area contributed by atoms with Gasteiger partial charge in [-0.25, -0.2) is 4.68 Å². The summed E-state index contributed by atoms with van der Waals surface area (Å²) in [4.78, 5) is 14.1. The second-order valence-electron chi connectivity index (χ2n) is 4.72. The Kier molecular flexibility index (Phi) is 5.35. The zero-order valence-electron chi connectivity index (χ0n) is 11.3. The van der Waals surface area contributed by atoms with E-state index >= 15 is 0 Å². The number of ether oxygens (including phenoxy) is 1. The van der Waals surface area contributed by atoms with E-state index in [1.54, 1.807) is 12.3 Å². The number of aromatic nitrogens is 2. The Hall–Kier alpha value is -1.40. The largest absolute Gasteiger partial charge is 0.378 e. The van der Waals surface area contributed by atoms with E-state index in [9.17, 15) is 4.79 Å². The Balaban J connectivity index is 1.94. The topological polar surface area (TPSA) is 73.4 Å². The Morgan fingerprint density at radius 3 is 2.74 bits per heavy atom. The maximum atomic E-state index is 12.0. The molecule has 2 N–H and O–H groups in total. The van der Waals surface area contributed by atoms with Crippen LogP contribution in [0.3, 0.4) is 0 Å². The molecule has 0 spiro atoms. The monoisotopic (exact) mass is 266 g/mol. The van der Waals surface area contributed by atoms with Crippen LogP contribution < -0.4 is 16.2 Å². The van der Waals surface area contributed by atoms with Gasteiger partial charge in [-0.05, 0) is 19.4 Å². The molecule has 0 radical (unpaired) electrons. The van der Waals surface area contributed by atoms with Gasteiger partial charge in [0.15, 0.2) is 0 Å². The summed E-state index contributed by atoms with van der Waals surface area (Å²) in [5.74, 6) is 0. The van der Waals surface area contributed by atoms with Gasteiger partial charge in [0.25, 0.3) is 5.56 Å². The summed E-state index contributed by atoms with van der Waals surface area (Å²) >= 11 is 0. The third kappa shape index (κ3) is 4.04. The van der Waals surface area contributed by atoms with Gasteiger partial charge in [-0.2, -0.15) is 5.10 Å². The van der Waals surface area contributed by atoms with E-state index in [-0.39, 0.29) is 5.56 Å². The van der Waals surface area contributed by atoms with Gasteiger partial charge in [-0.3, -0.25) is 4.79 Å². The molecule has 6 nitrogen and oxygen atoms in total. The molecule has 6 heteroatoms. The second kappa shape index (κ2) is 7.25. The van der Waals surface area contributed by atoms with E-state index in [1.807, 2.05) is 0 Å². The van der Waals surface area contributed by atoms with Crippen LogP contribution in [0.2, 0.25) is 0 Å². The minimum atomic E-state index is -0.0308. The number of aryl methyl sites for hydroxylation is 1. The fourth-order valence-electron chi connectivity index (χ4n) is 2.17. The first kappa shape index (κ1) is 14.0. The second-order valence-corrected chi connectivity index (χ2v) is 4.72. The summed E-state index contributed by atoms with van der Waals surface area (Å²) in [5.41, 5.74) is 6.30. The zero-order chi connectivity index (χ0) is 13.5. The Morgan fingerprint density at radius 1 is 1.26 bits per heavy atom. The maximum absolute atomic E-state index is 12.0. The highest BCUT2D eigenvalue weighted by Gasteiger charge is 2.12. The van der Waals surface area contributed by atoms with Crippen LogP contribution in [0.5, 0.6) is 0 Å². The van der Waals surface area contributed by atoms with Crippen LogP contribution in [0.1, 0.15) is 19.3 Å². The Labute approximate surface area is 113 Å². The van der Waals surface area contributed by atoms with Gasteiger partial charge < -0.3 is 15.4 Å². The number of morpholine rings is 1. The van der Waals surface area contributed by atoms with Crippen molar-refractivity contribution in [3.8, 4) is 0 Å². The number of hydrogen-bond acceptors (Lipinski definition) is 5. The molecule has 2 rings (SSSR count). The third-order valence-electron chi connectivity index (χ3n) is 3.31. The summed E-state index contributed by atoms with van der Waals surface area (Å²) in [6.07, 6.45) is 4.76. The molecule has 0 saturated carbocycles. The standard InChI is InChI=1S/C13H22N4O2/c14-4-2-1-3-5-17-13(18)10-12(11-15-17)16-6-8-19-9-7-16/h10-11H,1-9,14H2. The van der Waals surface area contributed by atoms with Crippen molar-refractivity contribution < 1.29 is 4.74 Å². The lowest BCUT2D eigenvalue weighted by molar-refractivity contribution is 0.122. The minimum absolute atomic E-state index is 0.0308. The van der Waals surface area contributed by atoms with E-state index in [0.29, 0.717) is 26.3 Å². The van der Waals surface area contributed by atoms with Gasteiger partial charge in [0, 0.05) is 25.7 Å². The molecule has 0 atom stereocenters. The van der Waals surface area contributed by atoms with E-state index in [2.05, 4.69) is 10.00 Å². The molecule has 0 unspecified atom stereocenters. The predicted molar refractivity (Wildman–Crippen MR) is 74.4 cm³/mol. The van der Waals surface area contributed by atoms with Crippen molar-refractivity contribution in [1.82, 2.24) is 9.78 Å². The van der Waals surface area contributed by atoms with Crippen LogP contribution in [0, 0.1) is 0 Å². The first-order chi connectivity index (χ1) is 9.31. The van der Waals surface area contributed by atoms with Crippen molar-refractivity contribution in [2.45, 2.75) is 25.8 Å². The smallest absolute Gasteiger partial charge is 0.268 e. The molecule has 0 aromatic carbocycles. The molecule has 1 aliphatic heterocycles. The number of anilines is 1. The van der Waals surface area contributed by atoms with Crippen molar-refractivity contribution in [3.05, 3.63) is 22.6 Å².